The number of amides is 1. The highest BCUT2D eigenvalue weighted by Crippen LogP contribution is 2.02. The fraction of sp³-hybridized carbons (Fsp3) is 0.462. The number of carbonyl (C=O) groups excluding carboxylic acids is 1. The van der Waals surface area contributed by atoms with Crippen molar-refractivity contribution in [2.45, 2.75) is 32.9 Å². The van der Waals surface area contributed by atoms with Crippen LogP contribution in [0.2, 0.25) is 0 Å². The van der Waals surface area contributed by atoms with E-state index in [9.17, 15) is 9.18 Å². The molecule has 0 aliphatic carbocycles. The van der Waals surface area contributed by atoms with Crippen LogP contribution in [-0.2, 0) is 11.3 Å². The second-order valence-electron chi connectivity index (χ2n) is 4.02. The highest BCUT2D eigenvalue weighted by molar-refractivity contribution is 5.85. The summed E-state index contributed by atoms with van der Waals surface area (Å²) in [5.41, 5.74) is 0.891. The molecule has 1 amide bonds. The van der Waals surface area contributed by atoms with Crippen LogP contribution in [0.25, 0.3) is 0 Å². The first-order chi connectivity index (χ1) is 8.13. The summed E-state index contributed by atoms with van der Waals surface area (Å²) in [6, 6.07) is 5.91. The molecule has 1 atom stereocenters. The molecule has 102 valence electrons. The van der Waals surface area contributed by atoms with Crippen LogP contribution in [0.1, 0.15) is 25.8 Å². The fourth-order valence-electron chi connectivity index (χ4n) is 1.40. The smallest absolute Gasteiger partial charge is 0.237 e. The van der Waals surface area contributed by atoms with Crippen LogP contribution in [0.5, 0.6) is 0 Å². The summed E-state index contributed by atoms with van der Waals surface area (Å²) < 4.78 is 12.7. The van der Waals surface area contributed by atoms with Crippen LogP contribution >= 0.6 is 12.4 Å². The average Bonchev–Trinajstić information content (AvgIpc) is 2.34. The third-order valence-corrected chi connectivity index (χ3v) is 2.47. The second kappa shape index (κ2) is 8.89. The molecule has 0 heterocycles. The number of carbonyl (C=O) groups is 1. The van der Waals surface area contributed by atoms with Crippen molar-refractivity contribution in [1.82, 2.24) is 10.6 Å². The van der Waals surface area contributed by atoms with E-state index < -0.39 is 0 Å². The van der Waals surface area contributed by atoms with Crippen LogP contribution in [-0.4, -0.2) is 18.5 Å². The topological polar surface area (TPSA) is 41.1 Å². The predicted molar refractivity (Wildman–Crippen MR) is 73.3 cm³/mol. The van der Waals surface area contributed by atoms with Gasteiger partial charge in [-0.3, -0.25) is 4.79 Å². The first kappa shape index (κ1) is 16.9. The van der Waals surface area contributed by atoms with Crippen LogP contribution < -0.4 is 10.6 Å². The third kappa shape index (κ3) is 5.98. The Bertz CT molecular complexity index is 357. The molecule has 5 heteroatoms. The minimum atomic E-state index is -0.266. The molecule has 0 aliphatic heterocycles. The minimum Gasteiger partial charge on any atom is -0.351 e. The standard InChI is InChI=1S/C13H19FN2O.ClH/c1-3-8-15-10(2)13(17)16-9-11-4-6-12(14)7-5-11;/h4-7,10,15H,3,8-9H2,1-2H3,(H,16,17);1H. The van der Waals surface area contributed by atoms with Crippen molar-refractivity contribution in [3.63, 3.8) is 0 Å². The number of hydrogen-bond donors (Lipinski definition) is 2. The van der Waals surface area contributed by atoms with E-state index in [1.807, 2.05) is 6.92 Å². The Kier molecular flexibility index (Phi) is 8.33. The largest absolute Gasteiger partial charge is 0.351 e. The number of nitrogens with one attached hydrogen (secondary N) is 2. The molecule has 1 aromatic carbocycles. The molecule has 2 N–H and O–H groups in total. The zero-order chi connectivity index (χ0) is 12.7. The average molecular weight is 275 g/mol. The maximum absolute atomic E-state index is 12.7. The number of rotatable bonds is 6. The van der Waals surface area contributed by atoms with E-state index in [2.05, 4.69) is 17.6 Å². The highest BCUT2D eigenvalue weighted by Gasteiger charge is 2.10. The van der Waals surface area contributed by atoms with Gasteiger partial charge in [-0.15, -0.1) is 12.4 Å². The summed E-state index contributed by atoms with van der Waals surface area (Å²) in [6.45, 7) is 5.13. The minimum absolute atomic E-state index is 0. The Balaban J connectivity index is 0.00000289. The summed E-state index contributed by atoms with van der Waals surface area (Å²) in [7, 11) is 0. The lowest BCUT2D eigenvalue weighted by molar-refractivity contribution is -0.122. The molecule has 0 bridgehead atoms. The van der Waals surface area contributed by atoms with Crippen LogP contribution in [0.3, 0.4) is 0 Å². The van der Waals surface area contributed by atoms with Gasteiger partial charge in [-0.2, -0.15) is 0 Å². The van der Waals surface area contributed by atoms with Gasteiger partial charge in [0.25, 0.3) is 0 Å². The van der Waals surface area contributed by atoms with Gasteiger partial charge in [-0.1, -0.05) is 19.1 Å². The van der Waals surface area contributed by atoms with E-state index in [1.54, 1.807) is 12.1 Å². The zero-order valence-corrected chi connectivity index (χ0v) is 11.5. The normalized spacial score (nSPS) is 11.5. The lowest BCUT2D eigenvalue weighted by atomic mass is 10.2. The highest BCUT2D eigenvalue weighted by atomic mass is 35.5. The van der Waals surface area contributed by atoms with Gasteiger partial charge in [0.1, 0.15) is 5.82 Å². The Morgan fingerprint density at radius 2 is 1.94 bits per heavy atom. The number of halogens is 2. The Morgan fingerprint density at radius 3 is 2.50 bits per heavy atom. The molecule has 1 unspecified atom stereocenters. The van der Waals surface area contributed by atoms with E-state index >= 15 is 0 Å². The Labute approximate surface area is 114 Å². The molecule has 0 aliphatic rings. The van der Waals surface area contributed by atoms with Crippen molar-refractivity contribution < 1.29 is 9.18 Å². The van der Waals surface area contributed by atoms with E-state index in [1.165, 1.54) is 12.1 Å². The van der Waals surface area contributed by atoms with E-state index in [0.717, 1.165) is 18.5 Å². The van der Waals surface area contributed by atoms with Gasteiger partial charge in [0.15, 0.2) is 0 Å². The van der Waals surface area contributed by atoms with Crippen molar-refractivity contribution in [3.8, 4) is 0 Å². The number of hydrogen-bond acceptors (Lipinski definition) is 2. The van der Waals surface area contributed by atoms with Gasteiger partial charge < -0.3 is 10.6 Å². The van der Waals surface area contributed by atoms with E-state index in [-0.39, 0.29) is 30.2 Å². The number of benzene rings is 1. The Morgan fingerprint density at radius 1 is 1.33 bits per heavy atom. The van der Waals surface area contributed by atoms with E-state index in [4.69, 9.17) is 0 Å². The van der Waals surface area contributed by atoms with Gasteiger partial charge >= 0.3 is 0 Å². The lowest BCUT2D eigenvalue weighted by Gasteiger charge is -2.13. The summed E-state index contributed by atoms with van der Waals surface area (Å²) >= 11 is 0. The maximum atomic E-state index is 12.7. The third-order valence-electron chi connectivity index (χ3n) is 2.47. The molecule has 0 saturated carbocycles. The summed E-state index contributed by atoms with van der Waals surface area (Å²) in [6.07, 6.45) is 0.996. The summed E-state index contributed by atoms with van der Waals surface area (Å²) in [5.74, 6) is -0.305. The molecule has 0 fully saturated rings. The maximum Gasteiger partial charge on any atom is 0.237 e. The van der Waals surface area contributed by atoms with Crippen molar-refractivity contribution in [1.29, 1.82) is 0 Å². The van der Waals surface area contributed by atoms with Crippen molar-refractivity contribution >= 4 is 18.3 Å². The molecule has 0 saturated heterocycles. The molecule has 3 nitrogen and oxygen atoms in total. The van der Waals surface area contributed by atoms with Gasteiger partial charge in [0.2, 0.25) is 5.91 Å². The summed E-state index contributed by atoms with van der Waals surface area (Å²) in [4.78, 5) is 11.6. The van der Waals surface area contributed by atoms with Gasteiger partial charge in [-0.25, -0.2) is 4.39 Å². The first-order valence-corrected chi connectivity index (χ1v) is 5.89. The fourth-order valence-corrected chi connectivity index (χ4v) is 1.40. The van der Waals surface area contributed by atoms with Crippen molar-refractivity contribution in [3.05, 3.63) is 35.6 Å². The Hall–Kier alpha value is -1.13. The first-order valence-electron chi connectivity index (χ1n) is 5.89. The molecule has 0 spiro atoms. The molecular formula is C13H20ClFN2O. The molecule has 1 aromatic rings. The molecule has 0 radical (unpaired) electrons. The molecular weight excluding hydrogens is 255 g/mol. The van der Waals surface area contributed by atoms with Crippen LogP contribution in [0.4, 0.5) is 4.39 Å². The second-order valence-corrected chi connectivity index (χ2v) is 4.02. The van der Waals surface area contributed by atoms with E-state index in [0.29, 0.717) is 6.54 Å². The van der Waals surface area contributed by atoms with Gasteiger partial charge in [0, 0.05) is 6.54 Å². The van der Waals surface area contributed by atoms with Crippen LogP contribution in [0.15, 0.2) is 24.3 Å². The molecule has 0 aromatic heterocycles. The van der Waals surface area contributed by atoms with Crippen LogP contribution in [0, 0.1) is 5.82 Å². The quantitative estimate of drug-likeness (QED) is 0.835. The van der Waals surface area contributed by atoms with Gasteiger partial charge in [0.05, 0.1) is 6.04 Å². The molecule has 1 rings (SSSR count). The SMILES string of the molecule is CCCNC(C)C(=O)NCc1ccc(F)cc1.Cl. The monoisotopic (exact) mass is 274 g/mol. The van der Waals surface area contributed by atoms with Crippen molar-refractivity contribution in [2.24, 2.45) is 0 Å². The zero-order valence-electron chi connectivity index (χ0n) is 10.7. The van der Waals surface area contributed by atoms with Gasteiger partial charge in [-0.05, 0) is 37.6 Å². The molecule has 18 heavy (non-hydrogen) atoms. The van der Waals surface area contributed by atoms with Crippen molar-refractivity contribution in [2.75, 3.05) is 6.54 Å². The summed E-state index contributed by atoms with van der Waals surface area (Å²) in [5, 5.41) is 5.91. The lowest BCUT2D eigenvalue weighted by Crippen LogP contribution is -2.42. The predicted octanol–water partition coefficient (Wildman–Crippen LogP) is 2.25.